The van der Waals surface area contributed by atoms with Gasteiger partial charge in [0, 0.05) is 12.0 Å². The number of carbonyl (C=O) groups is 3. The van der Waals surface area contributed by atoms with Gasteiger partial charge in [0.1, 0.15) is 19.3 Å². The Morgan fingerprint density at radius 1 is 1.04 bits per heavy atom. The fourth-order valence-electron chi connectivity index (χ4n) is 1.63. The van der Waals surface area contributed by atoms with Gasteiger partial charge in [0.15, 0.2) is 0 Å². The van der Waals surface area contributed by atoms with Crippen molar-refractivity contribution < 1.29 is 33.7 Å². The van der Waals surface area contributed by atoms with Crippen molar-refractivity contribution in [3.63, 3.8) is 0 Å². The molecule has 2 atom stereocenters. The minimum atomic E-state index is -1.06. The zero-order valence-electron chi connectivity index (χ0n) is 15.4. The van der Waals surface area contributed by atoms with Crippen molar-refractivity contribution in [2.75, 3.05) is 19.8 Å². The van der Waals surface area contributed by atoms with E-state index >= 15 is 0 Å². The predicted molar refractivity (Wildman–Crippen MR) is 91.6 cm³/mol. The molecule has 1 N–H and O–H groups in total. The van der Waals surface area contributed by atoms with Crippen LogP contribution in [0.15, 0.2) is 12.2 Å². The van der Waals surface area contributed by atoms with E-state index in [0.29, 0.717) is 19.4 Å². The molecule has 0 fully saturated rings. The third kappa shape index (κ3) is 12.2. The summed E-state index contributed by atoms with van der Waals surface area (Å²) in [5, 5.41) is 9.55. The number of aliphatic hydroxyl groups excluding tert-OH is 1. The highest BCUT2D eigenvalue weighted by molar-refractivity contribution is 5.86. The second-order valence-corrected chi connectivity index (χ2v) is 6.00. The van der Waals surface area contributed by atoms with Crippen LogP contribution in [0.25, 0.3) is 0 Å². The topological polar surface area (TPSA) is 99.1 Å². The lowest BCUT2D eigenvalue weighted by atomic mass is 10.1. The summed E-state index contributed by atoms with van der Waals surface area (Å²) in [5.74, 6) is -1.30. The number of carbonyl (C=O) groups excluding carboxylic acids is 3. The summed E-state index contributed by atoms with van der Waals surface area (Å²) in [4.78, 5) is 34.1. The fraction of sp³-hybridized carbons (Fsp3) is 0.722. The lowest BCUT2D eigenvalue weighted by Crippen LogP contribution is -2.25. The first kappa shape index (κ1) is 23.1. The molecule has 0 radical (unpaired) electrons. The third-order valence-electron chi connectivity index (χ3n) is 3.48. The molecule has 7 nitrogen and oxygen atoms in total. The second kappa shape index (κ2) is 13.4. The smallest absolute Gasteiger partial charge is 0.333 e. The third-order valence-corrected chi connectivity index (χ3v) is 3.48. The van der Waals surface area contributed by atoms with Gasteiger partial charge in [-0.1, -0.05) is 20.4 Å². The molecule has 0 aromatic rings. The van der Waals surface area contributed by atoms with E-state index < -0.39 is 18.0 Å². The summed E-state index contributed by atoms with van der Waals surface area (Å²) in [6.45, 7) is 8.55. The van der Waals surface area contributed by atoms with Crippen molar-refractivity contribution in [3.05, 3.63) is 12.2 Å². The van der Waals surface area contributed by atoms with Gasteiger partial charge in [-0.25, -0.2) is 4.79 Å². The summed E-state index contributed by atoms with van der Waals surface area (Å²) in [6, 6.07) is 0. The summed E-state index contributed by atoms with van der Waals surface area (Å²) in [5.41, 5.74) is 0.235. The highest BCUT2D eigenvalue weighted by atomic mass is 16.6. The van der Waals surface area contributed by atoms with Crippen LogP contribution in [0.5, 0.6) is 0 Å². The maximum atomic E-state index is 11.5. The molecule has 25 heavy (non-hydrogen) atoms. The van der Waals surface area contributed by atoms with E-state index in [9.17, 15) is 19.5 Å². The Kier molecular flexibility index (Phi) is 12.4. The van der Waals surface area contributed by atoms with Crippen molar-refractivity contribution in [2.24, 2.45) is 5.92 Å². The van der Waals surface area contributed by atoms with Crippen LogP contribution in [0, 0.1) is 5.92 Å². The number of ether oxygens (including phenoxy) is 3. The molecule has 0 saturated carbocycles. The van der Waals surface area contributed by atoms with Crippen LogP contribution in [-0.2, 0) is 28.6 Å². The van der Waals surface area contributed by atoms with Gasteiger partial charge >= 0.3 is 17.9 Å². The van der Waals surface area contributed by atoms with Crippen LogP contribution < -0.4 is 0 Å². The zero-order chi connectivity index (χ0) is 19.2. The first-order valence-electron chi connectivity index (χ1n) is 8.60. The molecule has 0 aliphatic carbocycles. The Hall–Kier alpha value is -1.89. The number of aliphatic hydroxyl groups is 1. The predicted octanol–water partition coefficient (Wildman–Crippen LogP) is 2.16. The van der Waals surface area contributed by atoms with Gasteiger partial charge < -0.3 is 19.3 Å². The molecule has 0 aliphatic heterocycles. The summed E-state index contributed by atoms with van der Waals surface area (Å²) < 4.78 is 14.8. The zero-order valence-corrected chi connectivity index (χ0v) is 15.4. The van der Waals surface area contributed by atoms with Crippen LogP contribution in [0.4, 0.5) is 0 Å². The molecule has 2 unspecified atom stereocenters. The minimum Gasteiger partial charge on any atom is -0.465 e. The maximum absolute atomic E-state index is 11.5. The molecule has 0 saturated heterocycles. The average molecular weight is 358 g/mol. The normalized spacial score (nSPS) is 12.8. The number of rotatable bonds is 13. The van der Waals surface area contributed by atoms with Crippen LogP contribution in [-0.4, -0.2) is 48.9 Å². The quantitative estimate of drug-likeness (QED) is 0.233. The SMILES string of the molecule is C=C(C)C(=O)OCC(O)COC(=O)CCCCCOC(=O)C(C)CC. The lowest BCUT2D eigenvalue weighted by molar-refractivity contribution is -0.151. The molecular weight excluding hydrogens is 328 g/mol. The Balaban J connectivity index is 3.63. The molecular formula is C18H30O7. The molecule has 0 spiro atoms. The molecule has 0 aromatic heterocycles. The Bertz CT molecular complexity index is 445. The van der Waals surface area contributed by atoms with E-state index in [0.717, 1.165) is 12.8 Å². The van der Waals surface area contributed by atoms with E-state index in [2.05, 4.69) is 6.58 Å². The van der Waals surface area contributed by atoms with Gasteiger partial charge in [-0.15, -0.1) is 0 Å². The number of unbranched alkanes of at least 4 members (excludes halogenated alkanes) is 2. The Morgan fingerprint density at radius 3 is 2.28 bits per heavy atom. The van der Waals surface area contributed by atoms with Gasteiger partial charge in [0.05, 0.1) is 12.5 Å². The van der Waals surface area contributed by atoms with Crippen molar-refractivity contribution in [2.45, 2.75) is 59.0 Å². The van der Waals surface area contributed by atoms with Crippen molar-refractivity contribution in [3.8, 4) is 0 Å². The number of hydrogen-bond acceptors (Lipinski definition) is 7. The van der Waals surface area contributed by atoms with Gasteiger partial charge in [0.2, 0.25) is 0 Å². The van der Waals surface area contributed by atoms with Gasteiger partial charge in [-0.2, -0.15) is 0 Å². The lowest BCUT2D eigenvalue weighted by Gasteiger charge is -2.12. The van der Waals surface area contributed by atoms with E-state index in [-0.39, 0.29) is 37.1 Å². The first-order valence-corrected chi connectivity index (χ1v) is 8.60. The minimum absolute atomic E-state index is 0.0870. The molecule has 0 aliphatic rings. The number of hydrogen-bond donors (Lipinski definition) is 1. The van der Waals surface area contributed by atoms with E-state index in [1.165, 1.54) is 6.92 Å². The molecule has 0 amide bonds. The van der Waals surface area contributed by atoms with Crippen LogP contribution >= 0.6 is 0 Å². The Morgan fingerprint density at radius 2 is 1.68 bits per heavy atom. The molecule has 0 rings (SSSR count). The molecule has 0 heterocycles. The first-order chi connectivity index (χ1) is 11.8. The average Bonchev–Trinajstić information content (AvgIpc) is 2.59. The molecule has 0 bridgehead atoms. The monoisotopic (exact) mass is 358 g/mol. The van der Waals surface area contributed by atoms with Gasteiger partial charge in [-0.3, -0.25) is 9.59 Å². The molecule has 7 heteroatoms. The summed E-state index contributed by atoms with van der Waals surface area (Å²) in [6.07, 6.45) is 1.95. The largest absolute Gasteiger partial charge is 0.465 e. The molecule has 0 aromatic carbocycles. The van der Waals surface area contributed by atoms with Gasteiger partial charge in [0.25, 0.3) is 0 Å². The van der Waals surface area contributed by atoms with Crippen LogP contribution in [0.1, 0.15) is 52.9 Å². The standard InChI is InChI=1S/C18H30O7/c1-5-14(4)18(22)23-10-8-6-7-9-16(20)24-11-15(19)12-25-17(21)13(2)3/h14-15,19H,2,5-12H2,1,3-4H3. The van der Waals surface area contributed by atoms with Crippen LogP contribution in [0.2, 0.25) is 0 Å². The highest BCUT2D eigenvalue weighted by Crippen LogP contribution is 2.06. The van der Waals surface area contributed by atoms with Crippen molar-refractivity contribution in [1.29, 1.82) is 0 Å². The molecule has 144 valence electrons. The number of esters is 3. The highest BCUT2D eigenvalue weighted by Gasteiger charge is 2.13. The van der Waals surface area contributed by atoms with E-state index in [1.807, 2.05) is 13.8 Å². The second-order valence-electron chi connectivity index (χ2n) is 6.00. The van der Waals surface area contributed by atoms with E-state index in [1.54, 1.807) is 0 Å². The summed E-state index contributed by atoms with van der Waals surface area (Å²) >= 11 is 0. The maximum Gasteiger partial charge on any atom is 0.333 e. The summed E-state index contributed by atoms with van der Waals surface area (Å²) in [7, 11) is 0. The van der Waals surface area contributed by atoms with Crippen molar-refractivity contribution in [1.82, 2.24) is 0 Å². The fourth-order valence-corrected chi connectivity index (χ4v) is 1.63. The van der Waals surface area contributed by atoms with Gasteiger partial charge in [-0.05, 0) is 32.6 Å². The van der Waals surface area contributed by atoms with E-state index in [4.69, 9.17) is 14.2 Å². The van der Waals surface area contributed by atoms with Crippen molar-refractivity contribution >= 4 is 17.9 Å². The van der Waals surface area contributed by atoms with Crippen LogP contribution in [0.3, 0.4) is 0 Å². The Labute approximate surface area is 149 Å².